The Bertz CT molecular complexity index is 1340. The third-order valence-electron chi connectivity index (χ3n) is 5.67. The number of aromatic nitrogens is 3. The van der Waals surface area contributed by atoms with Crippen LogP contribution in [0.5, 0.6) is 5.88 Å². The highest BCUT2D eigenvalue weighted by Crippen LogP contribution is 2.32. The van der Waals surface area contributed by atoms with Gasteiger partial charge in [0.2, 0.25) is 11.8 Å². The first-order chi connectivity index (χ1) is 16.4. The fourth-order valence-electron chi connectivity index (χ4n) is 4.00. The minimum Gasteiger partial charge on any atom is -0.478 e. The number of hydrogen-bond acceptors (Lipinski definition) is 4. The molecule has 0 aliphatic heterocycles. The summed E-state index contributed by atoms with van der Waals surface area (Å²) in [6.45, 7) is 6.64. The van der Waals surface area contributed by atoms with Crippen molar-refractivity contribution in [2.24, 2.45) is 0 Å². The minimum atomic E-state index is -0.346. The van der Waals surface area contributed by atoms with E-state index in [4.69, 9.17) is 21.3 Å². The molecule has 6 nitrogen and oxygen atoms in total. The van der Waals surface area contributed by atoms with Crippen LogP contribution in [0, 0.1) is 19.7 Å². The Balaban J connectivity index is 1.60. The number of benzene rings is 2. The lowest BCUT2D eigenvalue weighted by Crippen LogP contribution is -2.23. The van der Waals surface area contributed by atoms with Gasteiger partial charge in [-0.15, -0.1) is 0 Å². The fraction of sp³-hybridized carbons (Fsp3) is 0.269. The third-order valence-corrected chi connectivity index (χ3v) is 5.92. The summed E-state index contributed by atoms with van der Waals surface area (Å²) in [4.78, 5) is 17.3. The van der Waals surface area contributed by atoms with E-state index in [2.05, 4.69) is 10.4 Å². The average molecular weight is 481 g/mol. The molecule has 0 fully saturated rings. The van der Waals surface area contributed by atoms with Crippen molar-refractivity contribution in [3.63, 3.8) is 0 Å². The Morgan fingerprint density at radius 1 is 1.18 bits per heavy atom. The lowest BCUT2D eigenvalue weighted by Gasteiger charge is -2.14. The molecule has 0 aliphatic rings. The SMILES string of the molecule is CCOc1nc2c(c(C)nn2-c2cccc(F)c2)c(C)c1CCC(=O)NCc1ccc(Cl)cc1. The summed E-state index contributed by atoms with van der Waals surface area (Å²) >= 11 is 5.92. The van der Waals surface area contributed by atoms with Gasteiger partial charge >= 0.3 is 0 Å². The Kier molecular flexibility index (Phi) is 7.12. The lowest BCUT2D eigenvalue weighted by atomic mass is 10.0. The highest BCUT2D eigenvalue weighted by Gasteiger charge is 2.20. The van der Waals surface area contributed by atoms with Gasteiger partial charge in [-0.3, -0.25) is 4.79 Å². The van der Waals surface area contributed by atoms with Crippen LogP contribution < -0.4 is 10.1 Å². The van der Waals surface area contributed by atoms with Crippen molar-refractivity contribution in [3.8, 4) is 11.6 Å². The van der Waals surface area contributed by atoms with E-state index in [1.54, 1.807) is 28.9 Å². The second-order valence-corrected chi connectivity index (χ2v) is 8.47. The van der Waals surface area contributed by atoms with Crippen molar-refractivity contribution in [3.05, 3.63) is 81.8 Å². The van der Waals surface area contributed by atoms with Crippen LogP contribution in [0.25, 0.3) is 16.7 Å². The topological polar surface area (TPSA) is 69.0 Å². The first-order valence-electron chi connectivity index (χ1n) is 11.2. The molecule has 0 saturated carbocycles. The number of aryl methyl sites for hydroxylation is 2. The van der Waals surface area contributed by atoms with Crippen molar-refractivity contribution >= 4 is 28.5 Å². The largest absolute Gasteiger partial charge is 0.478 e. The number of rotatable bonds is 8. The summed E-state index contributed by atoms with van der Waals surface area (Å²) in [6.07, 6.45) is 0.764. The van der Waals surface area contributed by atoms with Crippen LogP contribution in [-0.2, 0) is 17.8 Å². The molecular formula is C26H26ClFN4O2. The van der Waals surface area contributed by atoms with Crippen LogP contribution in [0.1, 0.15) is 35.7 Å². The number of ether oxygens (including phenoxy) is 1. The van der Waals surface area contributed by atoms with Gasteiger partial charge in [0.15, 0.2) is 5.65 Å². The zero-order valence-electron chi connectivity index (χ0n) is 19.4. The second kappa shape index (κ2) is 10.2. The molecule has 2 heterocycles. The van der Waals surface area contributed by atoms with Crippen molar-refractivity contribution in [1.82, 2.24) is 20.1 Å². The average Bonchev–Trinajstić information content (AvgIpc) is 3.15. The van der Waals surface area contributed by atoms with Crippen molar-refractivity contribution in [2.45, 2.75) is 40.2 Å². The van der Waals surface area contributed by atoms with Gasteiger partial charge in [-0.05, 0) is 68.7 Å². The number of halogens is 2. The van der Waals surface area contributed by atoms with E-state index in [0.29, 0.717) is 48.2 Å². The summed E-state index contributed by atoms with van der Waals surface area (Å²) in [5, 5.41) is 9.09. The molecule has 0 atom stereocenters. The molecule has 0 aliphatic carbocycles. The lowest BCUT2D eigenvalue weighted by molar-refractivity contribution is -0.121. The predicted molar refractivity (Wildman–Crippen MR) is 131 cm³/mol. The molecule has 176 valence electrons. The normalized spacial score (nSPS) is 11.1. The molecule has 1 amide bonds. The number of nitrogens with one attached hydrogen (secondary N) is 1. The third kappa shape index (κ3) is 5.04. The van der Waals surface area contributed by atoms with Gasteiger partial charge in [-0.1, -0.05) is 29.8 Å². The number of pyridine rings is 1. The van der Waals surface area contributed by atoms with E-state index in [1.165, 1.54) is 12.1 Å². The van der Waals surface area contributed by atoms with E-state index in [1.807, 2.05) is 32.9 Å². The Labute approximate surface area is 202 Å². The second-order valence-electron chi connectivity index (χ2n) is 8.03. The molecule has 0 radical (unpaired) electrons. The van der Waals surface area contributed by atoms with E-state index in [0.717, 1.165) is 27.8 Å². The molecule has 4 rings (SSSR count). The zero-order chi connectivity index (χ0) is 24.2. The van der Waals surface area contributed by atoms with Crippen molar-refractivity contribution in [1.29, 1.82) is 0 Å². The molecule has 2 aromatic heterocycles. The van der Waals surface area contributed by atoms with Crippen molar-refractivity contribution < 1.29 is 13.9 Å². The molecule has 0 saturated heterocycles. The highest BCUT2D eigenvalue weighted by atomic mass is 35.5. The van der Waals surface area contributed by atoms with Gasteiger partial charge in [-0.25, -0.2) is 9.07 Å². The van der Waals surface area contributed by atoms with Gasteiger partial charge in [0, 0.05) is 28.9 Å². The quantitative estimate of drug-likeness (QED) is 0.362. The molecule has 1 N–H and O–H groups in total. The fourth-order valence-corrected chi connectivity index (χ4v) is 4.13. The maximum absolute atomic E-state index is 13.8. The van der Waals surface area contributed by atoms with Gasteiger partial charge in [0.1, 0.15) is 5.82 Å². The molecule has 0 spiro atoms. The Hall–Kier alpha value is -3.45. The van der Waals surface area contributed by atoms with Gasteiger partial charge in [0.05, 0.1) is 18.0 Å². The van der Waals surface area contributed by atoms with Crippen LogP contribution in [0.4, 0.5) is 4.39 Å². The first-order valence-corrected chi connectivity index (χ1v) is 11.5. The van der Waals surface area contributed by atoms with Crippen LogP contribution in [-0.4, -0.2) is 27.3 Å². The molecule has 8 heteroatoms. The molecule has 4 aromatic rings. The summed E-state index contributed by atoms with van der Waals surface area (Å²) in [7, 11) is 0. The van der Waals surface area contributed by atoms with Gasteiger partial charge in [0.25, 0.3) is 0 Å². The van der Waals surface area contributed by atoms with E-state index in [9.17, 15) is 9.18 Å². The maximum Gasteiger partial charge on any atom is 0.220 e. The number of carbonyl (C=O) groups excluding carboxylic acids is 1. The number of hydrogen-bond donors (Lipinski definition) is 1. The van der Waals surface area contributed by atoms with Gasteiger partial charge < -0.3 is 10.1 Å². The monoisotopic (exact) mass is 480 g/mol. The summed E-state index contributed by atoms with van der Waals surface area (Å²) in [6, 6.07) is 13.6. The van der Waals surface area contributed by atoms with Crippen molar-refractivity contribution in [2.75, 3.05) is 6.61 Å². The van der Waals surface area contributed by atoms with E-state index in [-0.39, 0.29) is 11.7 Å². The maximum atomic E-state index is 13.8. The Morgan fingerprint density at radius 3 is 2.65 bits per heavy atom. The standard InChI is InChI=1S/C26H26ClFN4O2/c1-4-34-26-22(12-13-23(33)29-15-18-8-10-19(27)11-9-18)16(2)24-17(3)31-32(25(24)30-26)21-7-5-6-20(28)14-21/h5-11,14H,4,12-13,15H2,1-3H3,(H,29,33). The summed E-state index contributed by atoms with van der Waals surface area (Å²) in [5.41, 5.74) is 4.77. The van der Waals surface area contributed by atoms with E-state index < -0.39 is 0 Å². The van der Waals surface area contributed by atoms with Crippen LogP contribution >= 0.6 is 11.6 Å². The number of carbonyl (C=O) groups is 1. The highest BCUT2D eigenvalue weighted by molar-refractivity contribution is 6.30. The van der Waals surface area contributed by atoms with Gasteiger partial charge in [-0.2, -0.15) is 10.1 Å². The summed E-state index contributed by atoms with van der Waals surface area (Å²) in [5.74, 6) is 0.0569. The molecular weight excluding hydrogens is 455 g/mol. The summed E-state index contributed by atoms with van der Waals surface area (Å²) < 4.78 is 21.3. The zero-order valence-corrected chi connectivity index (χ0v) is 20.1. The Morgan fingerprint density at radius 2 is 1.94 bits per heavy atom. The number of amides is 1. The first kappa shape index (κ1) is 23.7. The molecule has 34 heavy (non-hydrogen) atoms. The van der Waals surface area contributed by atoms with Crippen LogP contribution in [0.15, 0.2) is 48.5 Å². The minimum absolute atomic E-state index is 0.0657. The molecule has 2 aromatic carbocycles. The smallest absolute Gasteiger partial charge is 0.220 e. The number of fused-ring (bicyclic) bond motifs is 1. The predicted octanol–water partition coefficient (Wildman–Crippen LogP) is 5.48. The van der Waals surface area contributed by atoms with Crippen LogP contribution in [0.2, 0.25) is 5.02 Å². The molecule has 0 bridgehead atoms. The van der Waals surface area contributed by atoms with Crippen LogP contribution in [0.3, 0.4) is 0 Å². The number of nitrogens with zero attached hydrogens (tertiary/aromatic N) is 3. The van der Waals surface area contributed by atoms with E-state index >= 15 is 0 Å². The molecule has 0 unspecified atom stereocenters.